The van der Waals surface area contributed by atoms with Crippen molar-refractivity contribution in [1.82, 2.24) is 4.98 Å². The van der Waals surface area contributed by atoms with Crippen LogP contribution in [0.3, 0.4) is 0 Å². The number of nitrogens with one attached hydrogen (secondary N) is 1. The van der Waals surface area contributed by atoms with Gasteiger partial charge in [-0.1, -0.05) is 37.3 Å². The zero-order chi connectivity index (χ0) is 19.1. The van der Waals surface area contributed by atoms with Crippen LogP contribution in [0.4, 0.5) is 11.5 Å². The zero-order valence-corrected chi connectivity index (χ0v) is 16.5. The predicted molar refractivity (Wildman–Crippen MR) is 112 cm³/mol. The van der Waals surface area contributed by atoms with Crippen molar-refractivity contribution in [3.05, 3.63) is 58.4 Å². The Balaban J connectivity index is 1.47. The first-order valence-corrected chi connectivity index (χ1v) is 10.6. The molecule has 5 nitrogen and oxygen atoms in total. The van der Waals surface area contributed by atoms with Crippen LogP contribution in [0, 0.1) is 11.8 Å². The van der Waals surface area contributed by atoms with Crippen molar-refractivity contribution < 1.29 is 4.74 Å². The van der Waals surface area contributed by atoms with Crippen molar-refractivity contribution in [1.29, 1.82) is 0 Å². The van der Waals surface area contributed by atoms with Gasteiger partial charge >= 0.3 is 0 Å². The zero-order valence-electron chi connectivity index (χ0n) is 16.5. The molecule has 0 radical (unpaired) electrons. The number of anilines is 2. The number of aromatic amines is 1. The molecule has 0 bridgehead atoms. The summed E-state index contributed by atoms with van der Waals surface area (Å²) >= 11 is 0. The van der Waals surface area contributed by atoms with E-state index in [2.05, 4.69) is 58.1 Å². The van der Waals surface area contributed by atoms with Gasteiger partial charge in [0.1, 0.15) is 5.82 Å². The standard InChI is InChI=1S/C23H29N3O2/c1-16-7-8-19-20(13-17-5-3-2-4-6-17)26(23(16)19)21-14-18(15-22(27)24-21)25-9-11-28-12-10-25/h2-6,14-16,19-20,23H,7-13H2,1H3,(H,24,27)/t16-,19+,20+,23?/m1/s1. The molecule has 0 amide bonds. The van der Waals surface area contributed by atoms with Gasteiger partial charge in [0, 0.05) is 48.9 Å². The summed E-state index contributed by atoms with van der Waals surface area (Å²) in [4.78, 5) is 20.4. The lowest BCUT2D eigenvalue weighted by molar-refractivity contribution is 0.122. The first kappa shape index (κ1) is 17.8. The van der Waals surface area contributed by atoms with Gasteiger partial charge < -0.3 is 19.5 Å². The van der Waals surface area contributed by atoms with Crippen molar-refractivity contribution in [3.63, 3.8) is 0 Å². The predicted octanol–water partition coefficient (Wildman–Crippen LogP) is 3.06. The van der Waals surface area contributed by atoms with Crippen molar-refractivity contribution in [3.8, 4) is 0 Å². The number of morpholine rings is 1. The highest BCUT2D eigenvalue weighted by Crippen LogP contribution is 2.50. The molecule has 4 atom stereocenters. The van der Waals surface area contributed by atoms with Gasteiger partial charge in [0.25, 0.3) is 5.56 Å². The number of aromatic nitrogens is 1. The highest BCUT2D eigenvalue weighted by Gasteiger charge is 2.53. The quantitative estimate of drug-likeness (QED) is 0.887. The lowest BCUT2D eigenvalue weighted by atomic mass is 9.76. The molecular weight excluding hydrogens is 350 g/mol. The Morgan fingerprint density at radius 1 is 1.11 bits per heavy atom. The van der Waals surface area contributed by atoms with Crippen LogP contribution >= 0.6 is 0 Å². The molecule has 1 unspecified atom stereocenters. The van der Waals surface area contributed by atoms with Gasteiger partial charge in [-0.3, -0.25) is 4.79 Å². The summed E-state index contributed by atoms with van der Waals surface area (Å²) in [6.07, 6.45) is 3.62. The summed E-state index contributed by atoms with van der Waals surface area (Å²) in [5.41, 5.74) is 2.39. The first-order chi connectivity index (χ1) is 13.7. The number of rotatable bonds is 4. The molecule has 5 rings (SSSR count). The van der Waals surface area contributed by atoms with Gasteiger partial charge in [-0.05, 0) is 30.7 Å². The van der Waals surface area contributed by atoms with Crippen LogP contribution in [-0.2, 0) is 11.2 Å². The Hall–Kier alpha value is -2.27. The highest BCUT2D eigenvalue weighted by molar-refractivity contribution is 5.58. The van der Waals surface area contributed by atoms with E-state index in [1.165, 1.54) is 18.4 Å². The Bertz CT molecular complexity index is 875. The molecule has 1 saturated carbocycles. The minimum atomic E-state index is -0.00782. The number of pyridine rings is 1. The van der Waals surface area contributed by atoms with Crippen LogP contribution in [0.5, 0.6) is 0 Å². The second kappa shape index (κ2) is 7.28. The SMILES string of the molecule is C[C@@H]1CC[C@@H]2C1N(c1cc(N3CCOCC3)cc(=O)[nH]1)[C@H]2Cc1ccccc1. The maximum absolute atomic E-state index is 12.5. The number of hydrogen-bond donors (Lipinski definition) is 1. The topological polar surface area (TPSA) is 48.6 Å². The van der Waals surface area contributed by atoms with Crippen molar-refractivity contribution in [2.75, 3.05) is 36.1 Å². The van der Waals surface area contributed by atoms with E-state index in [0.717, 1.165) is 50.1 Å². The fourth-order valence-electron chi connectivity index (χ4n) is 5.55. The Kier molecular flexibility index (Phi) is 4.63. The number of H-pyrrole nitrogens is 1. The molecule has 1 aromatic heterocycles. The van der Waals surface area contributed by atoms with Gasteiger partial charge in [-0.15, -0.1) is 0 Å². The third-order valence-corrected chi connectivity index (χ3v) is 6.91. The van der Waals surface area contributed by atoms with Gasteiger partial charge in [-0.2, -0.15) is 0 Å². The summed E-state index contributed by atoms with van der Waals surface area (Å²) in [6.45, 7) is 5.51. The first-order valence-electron chi connectivity index (χ1n) is 10.6. The Morgan fingerprint density at radius 2 is 1.89 bits per heavy atom. The van der Waals surface area contributed by atoms with Crippen LogP contribution in [0.25, 0.3) is 0 Å². The van der Waals surface area contributed by atoms with Crippen LogP contribution in [0.1, 0.15) is 25.3 Å². The molecule has 1 aliphatic carbocycles. The lowest BCUT2D eigenvalue weighted by Gasteiger charge is -2.55. The van der Waals surface area contributed by atoms with E-state index in [1.54, 1.807) is 6.07 Å². The maximum atomic E-state index is 12.5. The van der Waals surface area contributed by atoms with Crippen LogP contribution in [0.2, 0.25) is 0 Å². The van der Waals surface area contributed by atoms with Gasteiger partial charge in [-0.25, -0.2) is 0 Å². The number of ether oxygens (including phenoxy) is 1. The number of benzene rings is 1. The van der Waals surface area contributed by atoms with E-state index < -0.39 is 0 Å². The average Bonchev–Trinajstić information content (AvgIpc) is 3.03. The molecule has 1 N–H and O–H groups in total. The summed E-state index contributed by atoms with van der Waals surface area (Å²) in [7, 11) is 0. The molecule has 0 spiro atoms. The van der Waals surface area contributed by atoms with Crippen molar-refractivity contribution in [2.24, 2.45) is 11.8 Å². The third kappa shape index (κ3) is 3.12. The molecular formula is C23H29N3O2. The van der Waals surface area contributed by atoms with Gasteiger partial charge in [0.05, 0.1) is 13.2 Å². The summed E-state index contributed by atoms with van der Waals surface area (Å²) < 4.78 is 5.48. The fourth-order valence-corrected chi connectivity index (χ4v) is 5.55. The number of nitrogens with zero attached hydrogens (tertiary/aromatic N) is 2. The summed E-state index contributed by atoms with van der Waals surface area (Å²) in [6, 6.07) is 15.7. The van der Waals surface area contributed by atoms with Crippen molar-refractivity contribution >= 4 is 11.5 Å². The normalized spacial score (nSPS) is 29.5. The second-order valence-electron chi connectivity index (χ2n) is 8.56. The van der Waals surface area contributed by atoms with E-state index in [0.29, 0.717) is 18.0 Å². The summed E-state index contributed by atoms with van der Waals surface area (Å²) in [5, 5.41) is 0. The van der Waals surface area contributed by atoms with Gasteiger partial charge in [0.2, 0.25) is 0 Å². The number of fused-ring (bicyclic) bond motifs is 1. The van der Waals surface area contributed by atoms with Gasteiger partial charge in [0.15, 0.2) is 0 Å². The minimum Gasteiger partial charge on any atom is -0.378 e. The average molecular weight is 380 g/mol. The number of hydrogen-bond acceptors (Lipinski definition) is 4. The largest absolute Gasteiger partial charge is 0.378 e. The minimum absolute atomic E-state index is 0.00782. The monoisotopic (exact) mass is 379 g/mol. The third-order valence-electron chi connectivity index (χ3n) is 6.91. The lowest BCUT2D eigenvalue weighted by Crippen LogP contribution is -2.65. The van der Waals surface area contributed by atoms with E-state index in [-0.39, 0.29) is 5.56 Å². The molecule has 3 fully saturated rings. The molecule has 3 heterocycles. The van der Waals surface area contributed by atoms with E-state index in [1.807, 2.05) is 0 Å². The van der Waals surface area contributed by atoms with Crippen LogP contribution in [0.15, 0.2) is 47.3 Å². The Labute approximate surface area is 166 Å². The second-order valence-corrected chi connectivity index (χ2v) is 8.56. The van der Waals surface area contributed by atoms with E-state index >= 15 is 0 Å². The molecule has 2 aliphatic heterocycles. The van der Waals surface area contributed by atoms with Crippen LogP contribution in [-0.4, -0.2) is 43.4 Å². The molecule has 148 valence electrons. The highest BCUT2D eigenvalue weighted by atomic mass is 16.5. The Morgan fingerprint density at radius 3 is 2.68 bits per heavy atom. The smallest absolute Gasteiger partial charge is 0.251 e. The molecule has 1 aromatic carbocycles. The molecule has 28 heavy (non-hydrogen) atoms. The summed E-state index contributed by atoms with van der Waals surface area (Å²) in [5.74, 6) is 2.39. The maximum Gasteiger partial charge on any atom is 0.251 e. The molecule has 2 aromatic rings. The van der Waals surface area contributed by atoms with Crippen molar-refractivity contribution in [2.45, 2.75) is 38.3 Å². The molecule has 2 saturated heterocycles. The van der Waals surface area contributed by atoms with E-state index in [9.17, 15) is 4.79 Å². The van der Waals surface area contributed by atoms with Crippen LogP contribution < -0.4 is 15.4 Å². The molecule has 3 aliphatic rings. The molecule has 5 heteroatoms. The van der Waals surface area contributed by atoms with E-state index in [4.69, 9.17) is 4.74 Å². The fraction of sp³-hybridized carbons (Fsp3) is 0.522.